The summed E-state index contributed by atoms with van der Waals surface area (Å²) in [4.78, 5) is 218. The number of carboxylic acid groups (broad SMARTS) is 2. The summed E-state index contributed by atoms with van der Waals surface area (Å²) in [6.07, 6.45) is 0.635. The molecule has 0 radical (unpaired) electrons. The van der Waals surface area contributed by atoms with Crippen molar-refractivity contribution in [3.8, 4) is 0 Å². The van der Waals surface area contributed by atoms with Crippen LogP contribution in [0.1, 0.15) is 118 Å². The number of aromatic amines is 1. The summed E-state index contributed by atoms with van der Waals surface area (Å²) in [6, 6.07) is -18.2. The Morgan fingerprint density at radius 2 is 0.990 bits per heavy atom. The number of aliphatic carboxylic acids is 2. The summed E-state index contributed by atoms with van der Waals surface area (Å²) in [5.74, 6) is -19.9. The molecule has 1 aromatic rings. The van der Waals surface area contributed by atoms with Crippen molar-refractivity contribution in [1.29, 1.82) is 5.41 Å². The average molecular weight is 1470 g/mol. The number of unbranched alkanes of at least 4 members (excludes halogenated alkanes) is 1. The maximum Gasteiger partial charge on any atom is 0.327 e. The molecule has 1 rings (SSSR count). The van der Waals surface area contributed by atoms with Crippen LogP contribution in [-0.2, 0) is 83.1 Å². The number of carbonyl (C=O) groups is 16. The van der Waals surface area contributed by atoms with Crippen molar-refractivity contribution >= 4 is 126 Å². The zero-order chi connectivity index (χ0) is 76.8. The Balaban J connectivity index is 3.51. The molecular formula is C59H101N21O19S2. The normalized spacial score (nSPS) is 14.9. The van der Waals surface area contributed by atoms with Crippen LogP contribution in [0.3, 0.4) is 0 Å². The van der Waals surface area contributed by atoms with Gasteiger partial charge in [-0.3, -0.25) is 77.3 Å². The van der Waals surface area contributed by atoms with Crippen molar-refractivity contribution in [2.45, 2.75) is 191 Å². The number of primary amides is 2. The lowest BCUT2D eigenvalue weighted by molar-refractivity contribution is -0.142. The molecule has 0 fully saturated rings. The van der Waals surface area contributed by atoms with E-state index in [4.69, 9.17) is 34.1 Å². The third-order valence-electron chi connectivity index (χ3n) is 15.3. The highest BCUT2D eigenvalue weighted by Gasteiger charge is 2.38. The molecule has 0 saturated carbocycles. The fourth-order valence-electron chi connectivity index (χ4n) is 9.28. The highest BCUT2D eigenvalue weighted by atomic mass is 32.1. The van der Waals surface area contributed by atoms with Crippen LogP contribution in [0.4, 0.5) is 0 Å². The number of aromatic nitrogens is 2. The fraction of sp³-hybridized carbons (Fsp3) is 0.661. The van der Waals surface area contributed by atoms with Gasteiger partial charge < -0.3 is 118 Å². The number of thiol groups is 2. The molecule has 28 N–H and O–H groups in total. The molecule has 42 heteroatoms. The van der Waals surface area contributed by atoms with Gasteiger partial charge in [0.05, 0.1) is 37.6 Å². The number of imidazole rings is 1. The molecule has 568 valence electrons. The minimum Gasteiger partial charge on any atom is -0.481 e. The highest BCUT2D eigenvalue weighted by Crippen LogP contribution is 2.14. The predicted octanol–water partition coefficient (Wildman–Crippen LogP) is -8.58. The van der Waals surface area contributed by atoms with Gasteiger partial charge in [0.25, 0.3) is 0 Å². The highest BCUT2D eigenvalue weighted by molar-refractivity contribution is 7.80. The van der Waals surface area contributed by atoms with Gasteiger partial charge in [-0.25, -0.2) is 9.78 Å². The topological polar surface area (TPSA) is 673 Å². The lowest BCUT2D eigenvalue weighted by Gasteiger charge is -2.30. The number of guanidine groups is 1. The first-order valence-corrected chi connectivity index (χ1v) is 33.7. The Morgan fingerprint density at radius 1 is 0.525 bits per heavy atom. The Bertz CT molecular complexity index is 3000. The smallest absolute Gasteiger partial charge is 0.327 e. The van der Waals surface area contributed by atoms with Gasteiger partial charge >= 0.3 is 11.9 Å². The summed E-state index contributed by atoms with van der Waals surface area (Å²) in [6.45, 7) is 7.67. The molecule has 101 heavy (non-hydrogen) atoms. The van der Waals surface area contributed by atoms with E-state index in [0.717, 1.165) is 0 Å². The largest absolute Gasteiger partial charge is 0.481 e. The van der Waals surface area contributed by atoms with Crippen LogP contribution in [0, 0.1) is 23.2 Å². The number of hydrogen-bond donors (Lipinski definition) is 25. The molecule has 1 heterocycles. The van der Waals surface area contributed by atoms with E-state index in [0.29, 0.717) is 6.42 Å². The van der Waals surface area contributed by atoms with Gasteiger partial charge in [0.15, 0.2) is 5.96 Å². The second kappa shape index (κ2) is 46.8. The zero-order valence-electron chi connectivity index (χ0n) is 57.1. The van der Waals surface area contributed by atoms with Crippen molar-refractivity contribution in [3.05, 3.63) is 18.2 Å². The molecule has 0 bridgehead atoms. The number of carbonyl (C=O) groups excluding carboxylic acids is 14. The van der Waals surface area contributed by atoms with Gasteiger partial charge in [-0.2, -0.15) is 25.3 Å². The summed E-state index contributed by atoms with van der Waals surface area (Å²) in [5, 5.41) is 68.3. The Kier molecular flexibility index (Phi) is 41.5. The third kappa shape index (κ3) is 34.0. The number of hydrogen-bond acceptors (Lipinski definition) is 23. The molecule has 14 amide bonds. The minimum absolute atomic E-state index is 0.0166. The van der Waals surface area contributed by atoms with E-state index in [1.807, 2.05) is 0 Å². The Morgan fingerprint density at radius 3 is 1.48 bits per heavy atom. The molecule has 40 nitrogen and oxygen atoms in total. The number of nitrogens with one attached hydrogen (secondary N) is 15. The van der Waals surface area contributed by atoms with Gasteiger partial charge in [-0.05, 0) is 69.2 Å². The number of aliphatic hydroxyl groups excluding tert-OH is 1. The summed E-state index contributed by atoms with van der Waals surface area (Å²) in [5.41, 5.74) is 27.6. The second-order valence-corrected chi connectivity index (χ2v) is 25.0. The molecule has 0 aliphatic rings. The standard InChI is InChI=1S/C59H101N21O19S2/c1-7-29(6)46(57(97)73-34(14-16-43(85)86)51(91)77-39(25-101)58(98)99)80-54(94)38(24-100)76-50(90)32(11-8-9-17-60)71-49(89)33(12-10-18-67-59(64)65)72-55(95)44(27(2)3)79-56(96)45(28(4)5)78-52(92)35(19-30-21-66-26-69-30)75-53(93)37(23-81)70-42(84)22-68-48(88)36(20-41(63)83)74-47(87)31(61)13-15-40(62)82/h21,26-29,31-39,44-46,81,100-101H,7-20,22-25,60-61H2,1-6H3,(H2,62,82)(H2,63,83)(H,66,69)(H,68,88)(H,70,84)(H,71,89)(H,72,95)(H,73,97)(H,74,87)(H,75,93)(H,76,90)(H,77,91)(H,78,92)(H,79,96)(H,80,94)(H,85,86)(H,98,99)(H4,64,65,67)/t29-,31-,32-,33-,34-,35-,36-,37-,38-,39-,44-,45-,46-/m0/s1. The van der Waals surface area contributed by atoms with Crippen LogP contribution in [-0.4, -0.2) is 236 Å². The van der Waals surface area contributed by atoms with Gasteiger partial charge in [0, 0.05) is 43.5 Å². The van der Waals surface area contributed by atoms with Crippen molar-refractivity contribution in [2.75, 3.05) is 37.7 Å². The van der Waals surface area contributed by atoms with E-state index in [1.54, 1.807) is 41.5 Å². The quantitative estimate of drug-likeness (QED) is 0.0125. The first-order chi connectivity index (χ1) is 47.4. The molecule has 0 spiro atoms. The van der Waals surface area contributed by atoms with Crippen LogP contribution in [0.2, 0.25) is 0 Å². The van der Waals surface area contributed by atoms with Crippen LogP contribution < -0.4 is 97.8 Å². The van der Waals surface area contributed by atoms with Crippen LogP contribution in [0.5, 0.6) is 0 Å². The lowest BCUT2D eigenvalue weighted by Crippen LogP contribution is -2.62. The van der Waals surface area contributed by atoms with Crippen molar-refractivity contribution in [1.82, 2.24) is 79.1 Å². The zero-order valence-corrected chi connectivity index (χ0v) is 58.9. The maximum absolute atomic E-state index is 14.5. The Hall–Kier alpha value is -9.42. The summed E-state index contributed by atoms with van der Waals surface area (Å²) >= 11 is 8.19. The number of carboxylic acids is 2. The average Bonchev–Trinajstić information content (AvgIpc) is 1.11. The molecule has 1 aromatic heterocycles. The van der Waals surface area contributed by atoms with E-state index in [-0.39, 0.29) is 81.7 Å². The van der Waals surface area contributed by atoms with E-state index < -0.39 is 223 Å². The summed E-state index contributed by atoms with van der Waals surface area (Å²) < 4.78 is 0. The number of aliphatic hydroxyl groups is 1. The predicted molar refractivity (Wildman–Crippen MR) is 367 cm³/mol. The van der Waals surface area contributed by atoms with Gasteiger partial charge in [0.2, 0.25) is 82.7 Å². The number of nitrogens with zero attached hydrogens (tertiary/aromatic N) is 1. The van der Waals surface area contributed by atoms with Gasteiger partial charge in [-0.15, -0.1) is 0 Å². The Labute approximate surface area is 593 Å². The minimum atomic E-state index is -1.79. The van der Waals surface area contributed by atoms with Gasteiger partial charge in [0.1, 0.15) is 66.5 Å². The van der Waals surface area contributed by atoms with E-state index in [9.17, 15) is 92.0 Å². The first kappa shape index (κ1) is 89.6. The molecule has 0 saturated heterocycles. The fourth-order valence-corrected chi connectivity index (χ4v) is 9.78. The third-order valence-corrected chi connectivity index (χ3v) is 16.0. The van der Waals surface area contributed by atoms with E-state index >= 15 is 0 Å². The lowest BCUT2D eigenvalue weighted by atomic mass is 9.97. The van der Waals surface area contributed by atoms with Crippen molar-refractivity contribution in [2.24, 2.45) is 46.4 Å². The first-order valence-electron chi connectivity index (χ1n) is 32.4. The van der Waals surface area contributed by atoms with Crippen molar-refractivity contribution < 1.29 is 92.0 Å². The molecule has 0 unspecified atom stereocenters. The number of H-pyrrole nitrogens is 1. The van der Waals surface area contributed by atoms with Crippen LogP contribution in [0.15, 0.2) is 12.5 Å². The molecule has 0 aliphatic carbocycles. The molecular weight excluding hydrogens is 1370 g/mol. The second-order valence-electron chi connectivity index (χ2n) is 24.2. The number of nitrogens with two attached hydrogens (primary N) is 5. The number of amides is 14. The van der Waals surface area contributed by atoms with Gasteiger partial charge in [-0.1, -0.05) is 48.0 Å². The molecule has 13 atom stereocenters. The van der Waals surface area contributed by atoms with Crippen LogP contribution in [0.25, 0.3) is 0 Å². The summed E-state index contributed by atoms with van der Waals surface area (Å²) in [7, 11) is 0. The maximum atomic E-state index is 14.5. The van der Waals surface area contributed by atoms with Crippen molar-refractivity contribution in [3.63, 3.8) is 0 Å². The van der Waals surface area contributed by atoms with E-state index in [2.05, 4.69) is 104 Å². The number of rotatable bonds is 50. The molecule has 0 aliphatic heterocycles. The molecule has 0 aromatic carbocycles. The van der Waals surface area contributed by atoms with Crippen LogP contribution >= 0.6 is 25.3 Å². The monoisotopic (exact) mass is 1470 g/mol. The van der Waals surface area contributed by atoms with E-state index in [1.165, 1.54) is 12.5 Å². The SMILES string of the molecule is CC[C@H](C)[C@H](NC(=O)[C@H](CS)NC(=O)[C@H](CCCCN)NC(=O)[C@H](CCCNC(=N)N)NC(=O)[C@@H](NC(=O)[C@@H](NC(=O)[C@H](Cc1c[nH]cn1)NC(=O)[C@H](CO)NC(=O)CNC(=O)[C@H](CC(N)=O)NC(=O)[C@@H](N)CCC(N)=O)C(C)C)C(C)C)C(=O)N[C@@H](CCC(=O)O)C(=O)N[C@@H](CS)C(=O)O.